The van der Waals surface area contributed by atoms with E-state index in [-0.39, 0.29) is 12.2 Å². The maximum atomic E-state index is 11.3. The fourth-order valence-electron chi connectivity index (χ4n) is 1.80. The topological polar surface area (TPSA) is 48.0 Å². The van der Waals surface area contributed by atoms with Crippen molar-refractivity contribution in [2.75, 3.05) is 27.4 Å². The molecule has 0 aromatic rings. The van der Waals surface area contributed by atoms with Gasteiger partial charge in [-0.2, -0.15) is 0 Å². The standard InChI is InChI=1S/C14H25NO4/c1-15(17-2)13(16)9-5-3-4-7-11-18-14-10-6-8-12-19-14/h5,9,14H,3-4,6-8,10-12H2,1-2H3/b9-5+. The molecule has 1 heterocycles. The van der Waals surface area contributed by atoms with E-state index in [1.165, 1.54) is 24.7 Å². The summed E-state index contributed by atoms with van der Waals surface area (Å²) >= 11 is 0. The molecule has 0 radical (unpaired) electrons. The molecular formula is C14H25NO4. The Morgan fingerprint density at radius 1 is 1.42 bits per heavy atom. The average molecular weight is 271 g/mol. The maximum absolute atomic E-state index is 11.3. The lowest BCUT2D eigenvalue weighted by Crippen LogP contribution is -2.23. The number of hydrogen-bond donors (Lipinski definition) is 0. The minimum Gasteiger partial charge on any atom is -0.353 e. The van der Waals surface area contributed by atoms with Gasteiger partial charge < -0.3 is 9.47 Å². The van der Waals surface area contributed by atoms with Crippen LogP contribution in [0.15, 0.2) is 12.2 Å². The molecule has 0 N–H and O–H groups in total. The molecule has 1 aliphatic rings. The van der Waals surface area contributed by atoms with Crippen LogP contribution in [-0.2, 0) is 19.1 Å². The summed E-state index contributed by atoms with van der Waals surface area (Å²) in [4.78, 5) is 16.1. The van der Waals surface area contributed by atoms with E-state index in [4.69, 9.17) is 14.3 Å². The minimum atomic E-state index is -0.144. The highest BCUT2D eigenvalue weighted by Crippen LogP contribution is 2.14. The van der Waals surface area contributed by atoms with Gasteiger partial charge in [0.2, 0.25) is 0 Å². The monoisotopic (exact) mass is 271 g/mol. The average Bonchev–Trinajstić information content (AvgIpc) is 2.46. The van der Waals surface area contributed by atoms with Crippen LogP contribution in [0.3, 0.4) is 0 Å². The number of allylic oxidation sites excluding steroid dienone is 1. The largest absolute Gasteiger partial charge is 0.353 e. The summed E-state index contributed by atoms with van der Waals surface area (Å²) in [5.74, 6) is -0.144. The molecule has 1 saturated heterocycles. The Morgan fingerprint density at radius 2 is 2.26 bits per heavy atom. The molecule has 1 rings (SSSR count). The molecule has 1 atom stereocenters. The number of hydroxylamine groups is 2. The van der Waals surface area contributed by atoms with Crippen molar-refractivity contribution in [3.8, 4) is 0 Å². The normalized spacial score (nSPS) is 19.8. The molecule has 19 heavy (non-hydrogen) atoms. The van der Waals surface area contributed by atoms with E-state index in [9.17, 15) is 4.79 Å². The zero-order valence-electron chi connectivity index (χ0n) is 12.0. The van der Waals surface area contributed by atoms with Crippen LogP contribution in [0.2, 0.25) is 0 Å². The van der Waals surface area contributed by atoms with Crippen molar-refractivity contribution < 1.29 is 19.1 Å². The van der Waals surface area contributed by atoms with Crippen molar-refractivity contribution in [3.63, 3.8) is 0 Å². The van der Waals surface area contributed by atoms with E-state index >= 15 is 0 Å². The first-order valence-electron chi connectivity index (χ1n) is 6.95. The number of unbranched alkanes of at least 4 members (excludes halogenated alkanes) is 2. The highest BCUT2D eigenvalue weighted by molar-refractivity contribution is 5.86. The Labute approximate surface area is 115 Å². The molecule has 5 nitrogen and oxygen atoms in total. The van der Waals surface area contributed by atoms with Gasteiger partial charge in [0.25, 0.3) is 5.91 Å². The van der Waals surface area contributed by atoms with E-state index in [0.29, 0.717) is 0 Å². The molecule has 1 unspecified atom stereocenters. The molecule has 1 amide bonds. The quantitative estimate of drug-likeness (QED) is 0.386. The number of rotatable bonds is 8. The van der Waals surface area contributed by atoms with Gasteiger partial charge in [0.15, 0.2) is 6.29 Å². The third-order valence-corrected chi connectivity index (χ3v) is 3.05. The van der Waals surface area contributed by atoms with E-state index in [0.717, 1.165) is 45.3 Å². The van der Waals surface area contributed by atoms with Gasteiger partial charge in [-0.1, -0.05) is 6.08 Å². The highest BCUT2D eigenvalue weighted by atomic mass is 16.7. The summed E-state index contributed by atoms with van der Waals surface area (Å²) < 4.78 is 11.1. The van der Waals surface area contributed by atoms with Gasteiger partial charge >= 0.3 is 0 Å². The Bertz CT molecular complexity index is 275. The van der Waals surface area contributed by atoms with Crippen molar-refractivity contribution >= 4 is 5.91 Å². The Morgan fingerprint density at radius 3 is 2.95 bits per heavy atom. The summed E-state index contributed by atoms with van der Waals surface area (Å²) in [7, 11) is 3.06. The van der Waals surface area contributed by atoms with Gasteiger partial charge in [0.05, 0.1) is 7.11 Å². The molecule has 1 aliphatic heterocycles. The predicted octanol–water partition coefficient (Wildman–Crippen LogP) is 2.28. The Hall–Kier alpha value is -0.910. The van der Waals surface area contributed by atoms with Crippen LogP contribution in [0.5, 0.6) is 0 Å². The number of hydrogen-bond acceptors (Lipinski definition) is 4. The van der Waals surface area contributed by atoms with E-state index in [1.807, 2.05) is 6.08 Å². The second kappa shape index (κ2) is 9.95. The molecule has 0 saturated carbocycles. The summed E-state index contributed by atoms with van der Waals surface area (Å²) in [6.45, 7) is 1.55. The van der Waals surface area contributed by atoms with Crippen LogP contribution in [0.1, 0.15) is 38.5 Å². The first kappa shape index (κ1) is 16.1. The third kappa shape index (κ3) is 7.30. The van der Waals surface area contributed by atoms with Gasteiger partial charge in [-0.3, -0.25) is 9.63 Å². The van der Waals surface area contributed by atoms with Crippen LogP contribution >= 0.6 is 0 Å². The maximum Gasteiger partial charge on any atom is 0.269 e. The predicted molar refractivity (Wildman–Crippen MR) is 72.3 cm³/mol. The Kier molecular flexibility index (Phi) is 8.45. The van der Waals surface area contributed by atoms with Crippen molar-refractivity contribution in [2.24, 2.45) is 0 Å². The minimum absolute atomic E-state index is 0.00113. The van der Waals surface area contributed by atoms with Gasteiger partial charge in [0, 0.05) is 26.3 Å². The summed E-state index contributed by atoms with van der Waals surface area (Å²) in [6, 6.07) is 0. The Balaban J connectivity index is 1.95. The number of ether oxygens (including phenoxy) is 2. The van der Waals surface area contributed by atoms with Crippen molar-refractivity contribution in [2.45, 2.75) is 44.8 Å². The van der Waals surface area contributed by atoms with Crippen LogP contribution in [-0.4, -0.2) is 44.6 Å². The number of nitrogens with zero attached hydrogens (tertiary/aromatic N) is 1. The van der Waals surface area contributed by atoms with Gasteiger partial charge in [-0.15, -0.1) is 0 Å². The van der Waals surface area contributed by atoms with Crippen LogP contribution in [0.25, 0.3) is 0 Å². The first-order valence-corrected chi connectivity index (χ1v) is 6.95. The summed E-state index contributed by atoms with van der Waals surface area (Å²) in [6.07, 6.45) is 9.63. The zero-order valence-corrected chi connectivity index (χ0v) is 12.0. The number of amides is 1. The number of carbonyl (C=O) groups excluding carboxylic acids is 1. The molecule has 110 valence electrons. The van der Waals surface area contributed by atoms with Crippen LogP contribution < -0.4 is 0 Å². The van der Waals surface area contributed by atoms with E-state index < -0.39 is 0 Å². The highest BCUT2D eigenvalue weighted by Gasteiger charge is 2.13. The lowest BCUT2D eigenvalue weighted by atomic mass is 10.2. The molecule has 0 aromatic carbocycles. The van der Waals surface area contributed by atoms with Crippen molar-refractivity contribution in [1.29, 1.82) is 0 Å². The van der Waals surface area contributed by atoms with Gasteiger partial charge in [0.1, 0.15) is 0 Å². The second-order valence-electron chi connectivity index (χ2n) is 4.58. The van der Waals surface area contributed by atoms with E-state index in [1.54, 1.807) is 7.05 Å². The molecule has 5 heteroatoms. The third-order valence-electron chi connectivity index (χ3n) is 3.05. The van der Waals surface area contributed by atoms with Crippen molar-refractivity contribution in [3.05, 3.63) is 12.2 Å². The second-order valence-corrected chi connectivity index (χ2v) is 4.58. The fourth-order valence-corrected chi connectivity index (χ4v) is 1.80. The lowest BCUT2D eigenvalue weighted by molar-refractivity contribution is -0.162. The SMILES string of the molecule is CON(C)C(=O)/C=C/CCCCOC1CCCCO1. The van der Waals surface area contributed by atoms with Crippen molar-refractivity contribution in [1.82, 2.24) is 5.06 Å². The van der Waals surface area contributed by atoms with Gasteiger partial charge in [-0.25, -0.2) is 5.06 Å². The van der Waals surface area contributed by atoms with E-state index in [2.05, 4.69) is 0 Å². The molecule has 1 fully saturated rings. The van der Waals surface area contributed by atoms with Gasteiger partial charge in [-0.05, 0) is 38.5 Å². The lowest BCUT2D eigenvalue weighted by Gasteiger charge is -2.22. The van der Waals surface area contributed by atoms with Crippen LogP contribution in [0, 0.1) is 0 Å². The van der Waals surface area contributed by atoms with Crippen LogP contribution in [0.4, 0.5) is 0 Å². The molecular weight excluding hydrogens is 246 g/mol. The molecule has 0 bridgehead atoms. The molecule has 0 aliphatic carbocycles. The number of carbonyl (C=O) groups is 1. The summed E-state index contributed by atoms with van der Waals surface area (Å²) in [5, 5.41) is 1.19. The molecule has 0 aromatic heterocycles. The smallest absolute Gasteiger partial charge is 0.269 e. The molecule has 0 spiro atoms. The summed E-state index contributed by atoms with van der Waals surface area (Å²) in [5.41, 5.74) is 0. The zero-order chi connectivity index (χ0) is 13.9. The number of likely N-dealkylation sites (N-methyl/N-ethyl adjacent to an activating group) is 1. The fraction of sp³-hybridized carbons (Fsp3) is 0.786. The first-order chi connectivity index (χ1) is 9.24.